The fraction of sp³-hybridized carbons (Fsp3) is 0.250. The molecule has 2 aromatic rings. The molecule has 0 atom stereocenters. The van der Waals surface area contributed by atoms with Crippen molar-refractivity contribution in [3.05, 3.63) is 59.2 Å². The topological polar surface area (TPSA) is 9.23 Å². The first-order valence-corrected chi connectivity index (χ1v) is 6.21. The minimum absolute atomic E-state index is 0.126. The second-order valence-electron chi connectivity index (χ2n) is 4.85. The highest BCUT2D eigenvalue weighted by molar-refractivity contribution is 5.39. The molecular formula is C16H16F2O. The predicted octanol–water partition coefficient (Wildman–Crippen LogP) is 5.19. The second-order valence-corrected chi connectivity index (χ2v) is 4.85. The molecule has 100 valence electrons. The molecule has 2 aromatic carbocycles. The summed E-state index contributed by atoms with van der Waals surface area (Å²) >= 11 is 0. The molecule has 0 aliphatic heterocycles. The van der Waals surface area contributed by atoms with Gasteiger partial charge in [0, 0.05) is 6.07 Å². The van der Waals surface area contributed by atoms with Gasteiger partial charge in [0.15, 0.2) is 0 Å². The molecule has 0 saturated heterocycles. The molecule has 3 heteroatoms. The van der Waals surface area contributed by atoms with Crippen molar-refractivity contribution in [2.45, 2.75) is 26.7 Å². The van der Waals surface area contributed by atoms with Crippen LogP contribution in [0.4, 0.5) is 8.78 Å². The van der Waals surface area contributed by atoms with Crippen molar-refractivity contribution >= 4 is 0 Å². The number of halogens is 2. The molecule has 0 radical (unpaired) electrons. The van der Waals surface area contributed by atoms with Gasteiger partial charge in [0.05, 0.1) is 0 Å². The average Bonchev–Trinajstić information content (AvgIpc) is 2.32. The fourth-order valence-corrected chi connectivity index (χ4v) is 1.89. The number of benzene rings is 2. The van der Waals surface area contributed by atoms with E-state index in [9.17, 15) is 8.78 Å². The normalized spacial score (nSPS) is 10.8. The molecular weight excluding hydrogens is 246 g/mol. The first kappa shape index (κ1) is 13.5. The third-order valence-electron chi connectivity index (χ3n) is 2.96. The Labute approximate surface area is 111 Å². The lowest BCUT2D eigenvalue weighted by molar-refractivity contribution is 0.469. The molecule has 0 fully saturated rings. The summed E-state index contributed by atoms with van der Waals surface area (Å²) < 4.78 is 32.4. The van der Waals surface area contributed by atoms with E-state index in [-0.39, 0.29) is 17.6 Å². The Morgan fingerprint density at radius 3 is 2.32 bits per heavy atom. The molecule has 0 aliphatic carbocycles. The minimum Gasteiger partial charge on any atom is -0.457 e. The van der Waals surface area contributed by atoms with Gasteiger partial charge in [0.1, 0.15) is 23.1 Å². The van der Waals surface area contributed by atoms with Crippen LogP contribution >= 0.6 is 0 Å². The Morgan fingerprint density at radius 1 is 1.00 bits per heavy atom. The molecule has 0 unspecified atom stereocenters. The Balaban J connectivity index is 2.26. The first-order chi connectivity index (χ1) is 8.97. The van der Waals surface area contributed by atoms with Crippen LogP contribution in [0, 0.1) is 18.6 Å². The number of rotatable bonds is 3. The van der Waals surface area contributed by atoms with Crippen LogP contribution in [0.25, 0.3) is 0 Å². The zero-order valence-electron chi connectivity index (χ0n) is 11.2. The summed E-state index contributed by atoms with van der Waals surface area (Å²) in [4.78, 5) is 0. The summed E-state index contributed by atoms with van der Waals surface area (Å²) in [7, 11) is 0. The van der Waals surface area contributed by atoms with Gasteiger partial charge in [0.2, 0.25) is 0 Å². The van der Waals surface area contributed by atoms with Crippen LogP contribution in [0.3, 0.4) is 0 Å². The average molecular weight is 262 g/mol. The first-order valence-electron chi connectivity index (χ1n) is 6.21. The highest BCUT2D eigenvalue weighted by atomic mass is 19.1. The van der Waals surface area contributed by atoms with Gasteiger partial charge in [-0.25, -0.2) is 8.78 Å². The molecule has 0 spiro atoms. The van der Waals surface area contributed by atoms with Crippen LogP contribution < -0.4 is 4.74 Å². The van der Waals surface area contributed by atoms with Crippen LogP contribution in [0.1, 0.15) is 30.9 Å². The molecule has 19 heavy (non-hydrogen) atoms. The van der Waals surface area contributed by atoms with Crippen molar-refractivity contribution in [1.29, 1.82) is 0 Å². The number of aryl methyl sites for hydroxylation is 1. The molecule has 0 saturated carbocycles. The van der Waals surface area contributed by atoms with Crippen LogP contribution in [0.15, 0.2) is 36.4 Å². The summed E-state index contributed by atoms with van der Waals surface area (Å²) in [5, 5.41) is 0. The highest BCUT2D eigenvalue weighted by Crippen LogP contribution is 2.28. The summed E-state index contributed by atoms with van der Waals surface area (Å²) in [5.74, 6) is 0.467. The summed E-state index contributed by atoms with van der Waals surface area (Å²) in [6.45, 7) is 5.61. The van der Waals surface area contributed by atoms with E-state index in [0.717, 1.165) is 0 Å². The van der Waals surface area contributed by atoms with E-state index in [2.05, 4.69) is 0 Å². The van der Waals surface area contributed by atoms with E-state index >= 15 is 0 Å². The standard InChI is InChI=1S/C16H16F2O/c1-10(2)14-6-5-13(9-15(14)18)19-16-7-4-12(17)8-11(16)3/h4-10H,1-3H3. The van der Waals surface area contributed by atoms with Crippen molar-refractivity contribution in [3.8, 4) is 11.5 Å². The molecule has 2 rings (SSSR count). The summed E-state index contributed by atoms with van der Waals surface area (Å²) in [6.07, 6.45) is 0. The van der Waals surface area contributed by atoms with E-state index in [0.29, 0.717) is 22.6 Å². The largest absolute Gasteiger partial charge is 0.457 e. The van der Waals surface area contributed by atoms with Crippen LogP contribution in [-0.2, 0) is 0 Å². The SMILES string of the molecule is Cc1cc(F)ccc1Oc1ccc(C(C)C)c(F)c1. The summed E-state index contributed by atoms with van der Waals surface area (Å²) in [5.41, 5.74) is 1.33. The second kappa shape index (κ2) is 5.39. The number of ether oxygens (including phenoxy) is 1. The van der Waals surface area contributed by atoms with Crippen molar-refractivity contribution in [3.63, 3.8) is 0 Å². The van der Waals surface area contributed by atoms with E-state index in [1.54, 1.807) is 25.1 Å². The predicted molar refractivity (Wildman–Crippen MR) is 71.7 cm³/mol. The van der Waals surface area contributed by atoms with Gasteiger partial charge in [-0.15, -0.1) is 0 Å². The molecule has 0 aliphatic rings. The lowest BCUT2D eigenvalue weighted by Crippen LogP contribution is -1.94. The smallest absolute Gasteiger partial charge is 0.130 e. The van der Waals surface area contributed by atoms with E-state index < -0.39 is 0 Å². The quantitative estimate of drug-likeness (QED) is 0.739. The maximum atomic E-state index is 13.8. The Bertz CT molecular complexity index is 591. The zero-order valence-corrected chi connectivity index (χ0v) is 11.2. The lowest BCUT2D eigenvalue weighted by atomic mass is 10.0. The Kier molecular flexibility index (Phi) is 3.84. The van der Waals surface area contributed by atoms with Crippen LogP contribution in [0.5, 0.6) is 11.5 Å². The maximum Gasteiger partial charge on any atom is 0.130 e. The van der Waals surface area contributed by atoms with Gasteiger partial charge >= 0.3 is 0 Å². The Hall–Kier alpha value is -1.90. The van der Waals surface area contributed by atoms with Crippen molar-refractivity contribution in [2.24, 2.45) is 0 Å². The molecule has 0 aromatic heterocycles. The van der Waals surface area contributed by atoms with Gasteiger partial charge < -0.3 is 4.74 Å². The lowest BCUT2D eigenvalue weighted by Gasteiger charge is -2.11. The minimum atomic E-state index is -0.314. The number of hydrogen-bond donors (Lipinski definition) is 0. The molecule has 1 nitrogen and oxygen atoms in total. The monoisotopic (exact) mass is 262 g/mol. The third-order valence-corrected chi connectivity index (χ3v) is 2.96. The third kappa shape index (κ3) is 3.11. The van der Waals surface area contributed by atoms with Gasteiger partial charge in [-0.1, -0.05) is 19.9 Å². The van der Waals surface area contributed by atoms with Gasteiger partial charge in [-0.3, -0.25) is 0 Å². The van der Waals surface area contributed by atoms with E-state index in [1.165, 1.54) is 18.2 Å². The van der Waals surface area contributed by atoms with Gasteiger partial charge in [-0.2, -0.15) is 0 Å². The molecule has 0 bridgehead atoms. The van der Waals surface area contributed by atoms with Crippen LogP contribution in [-0.4, -0.2) is 0 Å². The van der Waals surface area contributed by atoms with Crippen molar-refractivity contribution in [2.75, 3.05) is 0 Å². The molecule has 0 heterocycles. The van der Waals surface area contributed by atoms with Crippen molar-refractivity contribution < 1.29 is 13.5 Å². The van der Waals surface area contributed by atoms with Gasteiger partial charge in [0.25, 0.3) is 0 Å². The number of hydrogen-bond acceptors (Lipinski definition) is 1. The van der Waals surface area contributed by atoms with E-state index in [4.69, 9.17) is 4.74 Å². The zero-order chi connectivity index (χ0) is 14.0. The van der Waals surface area contributed by atoms with E-state index in [1.807, 2.05) is 13.8 Å². The Morgan fingerprint density at radius 2 is 1.74 bits per heavy atom. The fourth-order valence-electron chi connectivity index (χ4n) is 1.89. The van der Waals surface area contributed by atoms with Crippen molar-refractivity contribution in [1.82, 2.24) is 0 Å². The summed E-state index contributed by atoms with van der Waals surface area (Å²) in [6, 6.07) is 9.04. The molecule has 0 amide bonds. The maximum absolute atomic E-state index is 13.8. The van der Waals surface area contributed by atoms with Gasteiger partial charge in [-0.05, 0) is 48.2 Å². The van der Waals surface area contributed by atoms with Crippen LogP contribution in [0.2, 0.25) is 0 Å². The highest BCUT2D eigenvalue weighted by Gasteiger charge is 2.09. The molecule has 0 N–H and O–H groups in total.